The van der Waals surface area contributed by atoms with Gasteiger partial charge in [-0.2, -0.15) is 0 Å². The first kappa shape index (κ1) is 16.6. The van der Waals surface area contributed by atoms with Crippen LogP contribution in [0.1, 0.15) is 31.4 Å². The number of hydrogen-bond acceptors (Lipinski definition) is 5. The lowest BCUT2D eigenvalue weighted by Crippen LogP contribution is -2.52. The van der Waals surface area contributed by atoms with Gasteiger partial charge in [0.1, 0.15) is 5.76 Å². The number of nitrogens with one attached hydrogen (secondary N) is 1. The van der Waals surface area contributed by atoms with Crippen LogP contribution in [0.5, 0.6) is 0 Å². The van der Waals surface area contributed by atoms with Crippen LogP contribution in [0, 0.1) is 24.7 Å². The summed E-state index contributed by atoms with van der Waals surface area (Å²) in [6.07, 6.45) is 4.92. The molecule has 2 aliphatic carbocycles. The molecule has 0 aromatic carbocycles. The second kappa shape index (κ2) is 6.78. The fraction of sp³-hybridized carbons (Fsp3) is 0.722. The molecule has 2 heterocycles. The number of rotatable bonds is 4. The largest absolute Gasteiger partial charge is 0.360 e. The molecule has 3 fully saturated rings. The zero-order valence-corrected chi connectivity index (χ0v) is 14.7. The molecule has 2 amide bonds. The first-order chi connectivity index (χ1) is 12.1. The Kier molecular flexibility index (Phi) is 4.50. The first-order valence-electron chi connectivity index (χ1n) is 9.33. The topological polar surface area (TPSA) is 78.7 Å². The van der Waals surface area contributed by atoms with E-state index in [-0.39, 0.29) is 11.8 Å². The molecule has 0 spiro atoms. The average molecular weight is 346 g/mol. The Morgan fingerprint density at radius 2 is 2.04 bits per heavy atom. The predicted octanol–water partition coefficient (Wildman–Crippen LogP) is 1.50. The van der Waals surface area contributed by atoms with Crippen LogP contribution in [0.3, 0.4) is 0 Å². The fourth-order valence-electron chi connectivity index (χ4n) is 4.72. The highest BCUT2D eigenvalue weighted by Gasteiger charge is 2.44. The van der Waals surface area contributed by atoms with E-state index in [4.69, 9.17) is 4.52 Å². The second-order valence-corrected chi connectivity index (χ2v) is 7.75. The summed E-state index contributed by atoms with van der Waals surface area (Å²) in [5.74, 6) is 3.08. The van der Waals surface area contributed by atoms with Crippen molar-refractivity contribution in [3.8, 4) is 0 Å². The summed E-state index contributed by atoms with van der Waals surface area (Å²) in [5, 5.41) is 6.51. The lowest BCUT2D eigenvalue weighted by atomic mass is 9.87. The van der Waals surface area contributed by atoms with E-state index < -0.39 is 0 Å². The molecule has 4 rings (SSSR count). The quantitative estimate of drug-likeness (QED) is 0.894. The van der Waals surface area contributed by atoms with E-state index in [0.717, 1.165) is 38.5 Å². The van der Waals surface area contributed by atoms with Gasteiger partial charge in [-0.05, 0) is 38.0 Å². The Labute approximate surface area is 147 Å². The molecule has 1 aliphatic heterocycles. The van der Waals surface area contributed by atoms with Gasteiger partial charge in [-0.25, -0.2) is 0 Å². The number of piperazine rings is 1. The number of carbonyl (C=O) groups excluding carboxylic acids is 2. The first-order valence-corrected chi connectivity index (χ1v) is 9.33. The molecular weight excluding hydrogens is 320 g/mol. The second-order valence-electron chi connectivity index (χ2n) is 7.75. The van der Waals surface area contributed by atoms with Gasteiger partial charge in [0, 0.05) is 38.2 Å². The lowest BCUT2D eigenvalue weighted by molar-refractivity contribution is -0.139. The standard InChI is InChI=1S/C18H26N4O3/c1-12-8-16(20-25-12)19-17(23)11-21-4-6-22(7-5-21)18(24)15-10-13-2-3-14(15)9-13/h8,13-15H,2-7,9-11H2,1H3,(H,19,20,23)/t13-,14+,15-/m0/s1. The van der Waals surface area contributed by atoms with Crippen molar-refractivity contribution < 1.29 is 14.1 Å². The van der Waals surface area contributed by atoms with Crippen LogP contribution in [0.2, 0.25) is 0 Å². The number of fused-ring (bicyclic) bond motifs is 2. The van der Waals surface area contributed by atoms with Crippen molar-refractivity contribution in [3.63, 3.8) is 0 Å². The van der Waals surface area contributed by atoms with Crippen LogP contribution in [0.15, 0.2) is 10.6 Å². The number of hydrogen-bond donors (Lipinski definition) is 1. The Bertz CT molecular complexity index is 651. The van der Waals surface area contributed by atoms with Crippen molar-refractivity contribution in [2.45, 2.75) is 32.6 Å². The minimum atomic E-state index is -0.0961. The summed E-state index contributed by atoms with van der Waals surface area (Å²) < 4.78 is 4.94. The van der Waals surface area contributed by atoms with Crippen molar-refractivity contribution in [2.24, 2.45) is 17.8 Å². The van der Waals surface area contributed by atoms with Gasteiger partial charge in [0.2, 0.25) is 11.8 Å². The van der Waals surface area contributed by atoms with E-state index in [1.165, 1.54) is 19.3 Å². The Hall–Kier alpha value is -1.89. The smallest absolute Gasteiger partial charge is 0.239 e. The Morgan fingerprint density at radius 1 is 1.24 bits per heavy atom. The highest BCUT2D eigenvalue weighted by atomic mass is 16.5. The zero-order valence-electron chi connectivity index (χ0n) is 14.7. The van der Waals surface area contributed by atoms with Crippen LogP contribution >= 0.6 is 0 Å². The number of amides is 2. The molecule has 1 aromatic heterocycles. The van der Waals surface area contributed by atoms with Gasteiger partial charge < -0.3 is 14.7 Å². The summed E-state index contributed by atoms with van der Waals surface area (Å²) in [6, 6.07) is 1.70. The maximum absolute atomic E-state index is 12.8. The van der Waals surface area contributed by atoms with Gasteiger partial charge in [0.15, 0.2) is 5.82 Å². The normalized spacial score (nSPS) is 29.2. The zero-order chi connectivity index (χ0) is 17.4. The molecule has 7 heteroatoms. The summed E-state index contributed by atoms with van der Waals surface area (Å²) in [4.78, 5) is 29.0. The molecule has 25 heavy (non-hydrogen) atoms. The third-order valence-electron chi connectivity index (χ3n) is 6.00. The van der Waals surface area contributed by atoms with Crippen LogP contribution in [0.4, 0.5) is 5.82 Å². The van der Waals surface area contributed by atoms with E-state index in [2.05, 4.69) is 15.4 Å². The van der Waals surface area contributed by atoms with Crippen LogP contribution in [-0.4, -0.2) is 59.5 Å². The number of carbonyl (C=O) groups is 2. The summed E-state index contributed by atoms with van der Waals surface area (Å²) in [7, 11) is 0. The molecule has 0 unspecified atom stereocenters. The van der Waals surface area contributed by atoms with Gasteiger partial charge in [-0.1, -0.05) is 11.6 Å². The van der Waals surface area contributed by atoms with Crippen LogP contribution in [-0.2, 0) is 9.59 Å². The van der Waals surface area contributed by atoms with Gasteiger partial charge in [0.05, 0.1) is 6.54 Å². The minimum absolute atomic E-state index is 0.0961. The highest BCUT2D eigenvalue weighted by molar-refractivity contribution is 5.91. The van der Waals surface area contributed by atoms with E-state index in [1.54, 1.807) is 13.0 Å². The summed E-state index contributed by atoms with van der Waals surface area (Å²) in [6.45, 7) is 5.05. The number of aromatic nitrogens is 1. The van der Waals surface area contributed by atoms with Crippen molar-refractivity contribution in [3.05, 3.63) is 11.8 Å². The SMILES string of the molecule is Cc1cc(NC(=O)CN2CCN(C(=O)[C@H]3C[C@H]4CC[C@@H]3C4)CC2)no1. The van der Waals surface area contributed by atoms with Gasteiger partial charge in [-0.3, -0.25) is 14.5 Å². The minimum Gasteiger partial charge on any atom is -0.360 e. The predicted molar refractivity (Wildman–Crippen MR) is 91.8 cm³/mol. The molecule has 136 valence electrons. The van der Waals surface area contributed by atoms with E-state index in [9.17, 15) is 9.59 Å². The monoisotopic (exact) mass is 346 g/mol. The van der Waals surface area contributed by atoms with Crippen molar-refractivity contribution in [1.82, 2.24) is 15.0 Å². The maximum Gasteiger partial charge on any atom is 0.239 e. The third-order valence-corrected chi connectivity index (χ3v) is 6.00. The van der Waals surface area contributed by atoms with E-state index >= 15 is 0 Å². The molecule has 3 aliphatic rings. The number of nitrogens with zero attached hydrogens (tertiary/aromatic N) is 3. The molecule has 0 radical (unpaired) electrons. The Balaban J connectivity index is 1.23. The molecule has 1 saturated heterocycles. The van der Waals surface area contributed by atoms with E-state index in [0.29, 0.717) is 29.9 Å². The number of aryl methyl sites for hydroxylation is 1. The summed E-state index contributed by atoms with van der Waals surface area (Å²) >= 11 is 0. The van der Waals surface area contributed by atoms with E-state index in [1.807, 2.05) is 4.90 Å². The molecule has 1 aromatic rings. The van der Waals surface area contributed by atoms with Crippen molar-refractivity contribution >= 4 is 17.6 Å². The van der Waals surface area contributed by atoms with Gasteiger partial charge in [-0.15, -0.1) is 0 Å². The average Bonchev–Trinajstić information content (AvgIpc) is 3.32. The van der Waals surface area contributed by atoms with Crippen molar-refractivity contribution in [2.75, 3.05) is 38.0 Å². The third kappa shape index (κ3) is 3.56. The lowest BCUT2D eigenvalue weighted by Gasteiger charge is -2.36. The summed E-state index contributed by atoms with van der Waals surface area (Å²) in [5.41, 5.74) is 0. The molecule has 2 saturated carbocycles. The van der Waals surface area contributed by atoms with Gasteiger partial charge >= 0.3 is 0 Å². The Morgan fingerprint density at radius 3 is 2.64 bits per heavy atom. The molecular formula is C18H26N4O3. The highest BCUT2D eigenvalue weighted by Crippen LogP contribution is 2.48. The molecule has 3 atom stereocenters. The van der Waals surface area contributed by atoms with Gasteiger partial charge in [0.25, 0.3) is 0 Å². The van der Waals surface area contributed by atoms with Crippen LogP contribution < -0.4 is 5.32 Å². The van der Waals surface area contributed by atoms with Crippen molar-refractivity contribution in [1.29, 1.82) is 0 Å². The van der Waals surface area contributed by atoms with Crippen LogP contribution in [0.25, 0.3) is 0 Å². The number of anilines is 1. The fourth-order valence-corrected chi connectivity index (χ4v) is 4.72. The molecule has 7 nitrogen and oxygen atoms in total. The molecule has 1 N–H and O–H groups in total. The maximum atomic E-state index is 12.8. The molecule has 2 bridgehead atoms.